The van der Waals surface area contributed by atoms with E-state index in [9.17, 15) is 4.57 Å². The van der Waals surface area contributed by atoms with E-state index in [2.05, 4.69) is 0 Å². The van der Waals surface area contributed by atoms with Crippen LogP contribution in [0.1, 0.15) is 56.9 Å². The van der Waals surface area contributed by atoms with Crippen LogP contribution in [-0.4, -0.2) is 13.2 Å². The molecule has 0 spiro atoms. The minimum Gasteiger partial charge on any atom is -0.305 e. The molecule has 2 aliphatic rings. The molecule has 128 valence electrons. The number of hydrogen-bond donors (Lipinski definition) is 0. The molecule has 2 aliphatic carbocycles. The van der Waals surface area contributed by atoms with Crippen molar-refractivity contribution in [2.24, 2.45) is 11.8 Å². The lowest BCUT2D eigenvalue weighted by Crippen LogP contribution is -2.16. The van der Waals surface area contributed by atoms with E-state index >= 15 is 0 Å². The van der Waals surface area contributed by atoms with Crippen molar-refractivity contribution in [1.29, 1.82) is 0 Å². The zero-order chi connectivity index (χ0) is 16.1. The van der Waals surface area contributed by atoms with Gasteiger partial charge in [0.05, 0.1) is 18.5 Å². The van der Waals surface area contributed by atoms with Crippen molar-refractivity contribution >= 4 is 12.9 Å². The SMILES string of the molecule is Cc1ccc(P(=O)(OCC2CCCC2)OCC2CCCC2)cc1. The van der Waals surface area contributed by atoms with E-state index in [4.69, 9.17) is 9.05 Å². The van der Waals surface area contributed by atoms with Crippen molar-refractivity contribution in [2.45, 2.75) is 58.3 Å². The third kappa shape index (κ3) is 4.68. The Morgan fingerprint density at radius 3 is 1.74 bits per heavy atom. The summed E-state index contributed by atoms with van der Waals surface area (Å²) in [7, 11) is -3.20. The van der Waals surface area contributed by atoms with E-state index < -0.39 is 7.60 Å². The average molecular weight is 336 g/mol. The topological polar surface area (TPSA) is 35.5 Å². The Bertz CT molecular complexity index is 504. The maximum Gasteiger partial charge on any atom is 0.361 e. The second-order valence-corrected chi connectivity index (χ2v) is 9.25. The van der Waals surface area contributed by atoms with Gasteiger partial charge in [0.15, 0.2) is 0 Å². The first-order valence-electron chi connectivity index (χ1n) is 9.12. The van der Waals surface area contributed by atoms with Crippen LogP contribution in [0.15, 0.2) is 24.3 Å². The van der Waals surface area contributed by atoms with Crippen molar-refractivity contribution in [3.63, 3.8) is 0 Å². The highest BCUT2D eigenvalue weighted by atomic mass is 31.2. The molecule has 2 fully saturated rings. The standard InChI is InChI=1S/C19H29O3P/c1-16-10-12-19(13-11-16)23(20,21-14-17-6-2-3-7-17)22-15-18-8-4-5-9-18/h10-13,17-18H,2-9,14-15H2,1H3. The van der Waals surface area contributed by atoms with E-state index in [0.29, 0.717) is 30.4 Å². The molecule has 3 nitrogen and oxygen atoms in total. The van der Waals surface area contributed by atoms with Gasteiger partial charge in [-0.05, 0) is 56.6 Å². The first kappa shape index (κ1) is 17.2. The maximum atomic E-state index is 13.4. The molecule has 1 aromatic rings. The zero-order valence-corrected chi connectivity index (χ0v) is 15.1. The van der Waals surface area contributed by atoms with Crippen LogP contribution in [0.5, 0.6) is 0 Å². The molecule has 0 aromatic heterocycles. The van der Waals surface area contributed by atoms with E-state index in [1.54, 1.807) is 0 Å². The minimum atomic E-state index is -3.20. The fourth-order valence-corrected chi connectivity index (χ4v) is 5.38. The van der Waals surface area contributed by atoms with Crippen molar-refractivity contribution in [3.8, 4) is 0 Å². The Labute approximate surface area is 140 Å². The van der Waals surface area contributed by atoms with Gasteiger partial charge < -0.3 is 9.05 Å². The largest absolute Gasteiger partial charge is 0.361 e. The van der Waals surface area contributed by atoms with Gasteiger partial charge in [0.2, 0.25) is 0 Å². The Kier molecular flexibility index (Phi) is 5.96. The zero-order valence-electron chi connectivity index (χ0n) is 14.2. The second kappa shape index (κ2) is 7.96. The molecule has 0 aliphatic heterocycles. The molecular formula is C19H29O3P. The van der Waals surface area contributed by atoms with E-state index in [-0.39, 0.29) is 0 Å². The number of rotatable bonds is 7. The molecule has 23 heavy (non-hydrogen) atoms. The molecule has 0 heterocycles. The minimum absolute atomic E-state index is 0.545. The van der Waals surface area contributed by atoms with Crippen LogP contribution in [0.3, 0.4) is 0 Å². The van der Waals surface area contributed by atoms with Gasteiger partial charge >= 0.3 is 7.60 Å². The first-order valence-corrected chi connectivity index (χ1v) is 10.7. The highest BCUT2D eigenvalue weighted by Gasteiger charge is 2.31. The second-order valence-electron chi connectivity index (χ2n) is 7.23. The molecule has 0 saturated heterocycles. The van der Waals surface area contributed by atoms with Crippen LogP contribution < -0.4 is 5.30 Å². The molecule has 0 atom stereocenters. The molecule has 0 bridgehead atoms. The average Bonchev–Trinajstić information content (AvgIpc) is 3.25. The third-order valence-corrected chi connectivity index (χ3v) is 7.17. The molecule has 2 saturated carbocycles. The number of hydrogen-bond acceptors (Lipinski definition) is 3. The first-order chi connectivity index (χ1) is 11.2. The summed E-state index contributed by atoms with van der Waals surface area (Å²) in [6.45, 7) is 3.17. The van der Waals surface area contributed by atoms with Crippen molar-refractivity contribution < 1.29 is 13.6 Å². The molecule has 0 radical (unpaired) electrons. The summed E-state index contributed by atoms with van der Waals surface area (Å²) in [5.74, 6) is 1.09. The Morgan fingerprint density at radius 1 is 0.870 bits per heavy atom. The fraction of sp³-hybridized carbons (Fsp3) is 0.684. The monoisotopic (exact) mass is 336 g/mol. The van der Waals surface area contributed by atoms with Crippen LogP contribution in [0.2, 0.25) is 0 Å². The predicted octanol–water partition coefficient (Wildman–Crippen LogP) is 5.23. The molecule has 0 amide bonds. The normalized spacial score (nSPS) is 20.4. The Morgan fingerprint density at radius 2 is 1.30 bits per heavy atom. The van der Waals surface area contributed by atoms with Gasteiger partial charge in [-0.1, -0.05) is 43.4 Å². The summed E-state index contributed by atoms with van der Waals surface area (Å²) in [6, 6.07) is 7.78. The molecule has 4 heteroatoms. The highest BCUT2D eigenvalue weighted by molar-refractivity contribution is 7.62. The number of aryl methyl sites for hydroxylation is 1. The van der Waals surface area contributed by atoms with Crippen molar-refractivity contribution in [3.05, 3.63) is 29.8 Å². The van der Waals surface area contributed by atoms with Crippen LogP contribution in [0.4, 0.5) is 0 Å². The van der Waals surface area contributed by atoms with Crippen LogP contribution in [0.25, 0.3) is 0 Å². The molecule has 0 unspecified atom stereocenters. The summed E-state index contributed by atoms with van der Waals surface area (Å²) in [5.41, 5.74) is 1.16. The van der Waals surface area contributed by atoms with Gasteiger partial charge in [-0.2, -0.15) is 0 Å². The Balaban J connectivity index is 1.67. The maximum absolute atomic E-state index is 13.4. The quantitative estimate of drug-likeness (QED) is 0.640. The van der Waals surface area contributed by atoms with Gasteiger partial charge in [0.1, 0.15) is 0 Å². The van der Waals surface area contributed by atoms with Crippen LogP contribution >= 0.6 is 7.60 Å². The van der Waals surface area contributed by atoms with Crippen LogP contribution in [0, 0.1) is 18.8 Å². The predicted molar refractivity (Wildman–Crippen MR) is 94.2 cm³/mol. The summed E-state index contributed by atoms with van der Waals surface area (Å²) in [6.07, 6.45) is 9.84. The molecule has 0 N–H and O–H groups in total. The van der Waals surface area contributed by atoms with Gasteiger partial charge in [-0.15, -0.1) is 0 Å². The van der Waals surface area contributed by atoms with E-state index in [0.717, 1.165) is 5.56 Å². The fourth-order valence-electron chi connectivity index (χ4n) is 3.67. The lowest BCUT2D eigenvalue weighted by molar-refractivity contribution is 0.169. The highest BCUT2D eigenvalue weighted by Crippen LogP contribution is 2.49. The lowest BCUT2D eigenvalue weighted by atomic mass is 10.1. The number of benzene rings is 1. The summed E-state index contributed by atoms with van der Waals surface area (Å²) in [4.78, 5) is 0. The summed E-state index contributed by atoms with van der Waals surface area (Å²) < 4.78 is 25.3. The third-order valence-electron chi connectivity index (χ3n) is 5.26. The van der Waals surface area contributed by atoms with E-state index in [1.165, 1.54) is 51.4 Å². The summed E-state index contributed by atoms with van der Waals surface area (Å²) in [5, 5.41) is 0.707. The van der Waals surface area contributed by atoms with Gasteiger partial charge in [0, 0.05) is 0 Å². The van der Waals surface area contributed by atoms with Crippen molar-refractivity contribution in [1.82, 2.24) is 0 Å². The van der Waals surface area contributed by atoms with Crippen LogP contribution in [-0.2, 0) is 13.6 Å². The molecule has 3 rings (SSSR count). The molecular weight excluding hydrogens is 307 g/mol. The Hall–Kier alpha value is -0.630. The van der Waals surface area contributed by atoms with Crippen molar-refractivity contribution in [2.75, 3.05) is 13.2 Å². The van der Waals surface area contributed by atoms with Gasteiger partial charge in [0.25, 0.3) is 0 Å². The lowest BCUT2D eigenvalue weighted by Gasteiger charge is -2.22. The molecule has 1 aromatic carbocycles. The summed E-state index contributed by atoms with van der Waals surface area (Å²) >= 11 is 0. The van der Waals surface area contributed by atoms with Gasteiger partial charge in [-0.25, -0.2) is 0 Å². The smallest absolute Gasteiger partial charge is 0.305 e. The van der Waals surface area contributed by atoms with E-state index in [1.807, 2.05) is 31.2 Å². The van der Waals surface area contributed by atoms with Gasteiger partial charge in [-0.3, -0.25) is 4.57 Å².